The van der Waals surface area contributed by atoms with Crippen molar-refractivity contribution in [2.45, 2.75) is 44.9 Å². The SMILES string of the molecule is c1cncc(CCCNc2nc(CC3CC3)nc3c2CCNCC3)c1. The number of anilines is 1. The summed E-state index contributed by atoms with van der Waals surface area (Å²) in [4.78, 5) is 14.0. The monoisotopic (exact) mass is 337 g/mol. The van der Waals surface area contributed by atoms with Crippen LogP contribution in [0.3, 0.4) is 0 Å². The Labute approximate surface area is 149 Å². The highest BCUT2D eigenvalue weighted by molar-refractivity contribution is 5.47. The highest BCUT2D eigenvalue weighted by Gasteiger charge is 2.24. The van der Waals surface area contributed by atoms with Crippen LogP contribution in [0.25, 0.3) is 0 Å². The van der Waals surface area contributed by atoms with Crippen molar-refractivity contribution < 1.29 is 0 Å². The van der Waals surface area contributed by atoms with E-state index in [1.165, 1.54) is 29.7 Å². The normalized spacial score (nSPS) is 17.0. The maximum absolute atomic E-state index is 4.89. The first kappa shape index (κ1) is 16.5. The van der Waals surface area contributed by atoms with Crippen LogP contribution in [-0.4, -0.2) is 34.6 Å². The summed E-state index contributed by atoms with van der Waals surface area (Å²) in [5.74, 6) is 2.94. The molecule has 25 heavy (non-hydrogen) atoms. The molecule has 0 atom stereocenters. The predicted molar refractivity (Wildman–Crippen MR) is 99.8 cm³/mol. The molecule has 2 aromatic rings. The molecule has 2 N–H and O–H groups in total. The molecule has 5 nitrogen and oxygen atoms in total. The second-order valence-corrected chi connectivity index (χ2v) is 7.20. The van der Waals surface area contributed by atoms with Crippen LogP contribution in [0.1, 0.15) is 41.9 Å². The van der Waals surface area contributed by atoms with E-state index in [1.54, 1.807) is 0 Å². The number of nitrogens with one attached hydrogen (secondary N) is 2. The zero-order chi connectivity index (χ0) is 16.9. The van der Waals surface area contributed by atoms with Gasteiger partial charge in [-0.05, 0) is 56.2 Å². The Morgan fingerprint density at radius 1 is 1.16 bits per heavy atom. The number of hydrogen-bond donors (Lipinski definition) is 2. The Kier molecular flexibility index (Phi) is 5.21. The van der Waals surface area contributed by atoms with Gasteiger partial charge >= 0.3 is 0 Å². The molecule has 0 saturated heterocycles. The summed E-state index contributed by atoms with van der Waals surface area (Å²) in [5, 5.41) is 7.09. The average molecular weight is 337 g/mol. The van der Waals surface area contributed by atoms with Gasteiger partial charge in [-0.15, -0.1) is 0 Å². The quantitative estimate of drug-likeness (QED) is 0.760. The Morgan fingerprint density at radius 3 is 2.92 bits per heavy atom. The molecule has 1 fully saturated rings. The van der Waals surface area contributed by atoms with Crippen molar-refractivity contribution in [1.29, 1.82) is 0 Å². The third-order valence-corrected chi connectivity index (χ3v) is 5.06. The first-order valence-electron chi connectivity index (χ1n) is 9.60. The zero-order valence-electron chi connectivity index (χ0n) is 14.8. The number of hydrogen-bond acceptors (Lipinski definition) is 5. The molecule has 2 aromatic heterocycles. The Bertz CT molecular complexity index is 697. The average Bonchev–Trinajstić information content (AvgIpc) is 3.46. The van der Waals surface area contributed by atoms with Crippen molar-refractivity contribution in [3.8, 4) is 0 Å². The first-order valence-corrected chi connectivity index (χ1v) is 9.60. The molecule has 0 aromatic carbocycles. The van der Waals surface area contributed by atoms with Gasteiger partial charge in [0.2, 0.25) is 0 Å². The van der Waals surface area contributed by atoms with E-state index in [0.29, 0.717) is 0 Å². The lowest BCUT2D eigenvalue weighted by Gasteiger charge is -2.15. The fraction of sp³-hybridized carbons (Fsp3) is 0.550. The number of aryl methyl sites for hydroxylation is 1. The second-order valence-electron chi connectivity index (χ2n) is 7.20. The number of pyridine rings is 1. The van der Waals surface area contributed by atoms with Crippen LogP contribution in [0.4, 0.5) is 5.82 Å². The minimum atomic E-state index is 0.820. The topological polar surface area (TPSA) is 62.7 Å². The minimum absolute atomic E-state index is 0.820. The van der Waals surface area contributed by atoms with Crippen LogP contribution < -0.4 is 10.6 Å². The summed E-state index contributed by atoms with van der Waals surface area (Å²) in [6, 6.07) is 4.15. The minimum Gasteiger partial charge on any atom is -0.370 e. The van der Waals surface area contributed by atoms with E-state index in [2.05, 4.69) is 21.7 Å². The van der Waals surface area contributed by atoms with Crippen LogP contribution >= 0.6 is 0 Å². The lowest BCUT2D eigenvalue weighted by molar-refractivity contribution is 0.706. The summed E-state index contributed by atoms with van der Waals surface area (Å²) in [6.07, 6.45) is 11.7. The van der Waals surface area contributed by atoms with Gasteiger partial charge in [0, 0.05) is 43.9 Å². The van der Waals surface area contributed by atoms with E-state index < -0.39 is 0 Å². The number of aromatic nitrogens is 3. The van der Waals surface area contributed by atoms with E-state index in [4.69, 9.17) is 9.97 Å². The molecule has 5 heteroatoms. The lowest BCUT2D eigenvalue weighted by Crippen LogP contribution is -2.16. The summed E-state index contributed by atoms with van der Waals surface area (Å²) >= 11 is 0. The van der Waals surface area contributed by atoms with Crippen molar-refractivity contribution in [2.75, 3.05) is 25.0 Å². The van der Waals surface area contributed by atoms with Crippen molar-refractivity contribution in [2.24, 2.45) is 5.92 Å². The van der Waals surface area contributed by atoms with Crippen LogP contribution in [0, 0.1) is 5.92 Å². The molecule has 2 aliphatic rings. The van der Waals surface area contributed by atoms with E-state index in [-0.39, 0.29) is 0 Å². The van der Waals surface area contributed by atoms with Crippen molar-refractivity contribution in [3.05, 3.63) is 47.2 Å². The molecule has 132 valence electrons. The van der Waals surface area contributed by atoms with Gasteiger partial charge in [-0.1, -0.05) is 6.07 Å². The fourth-order valence-electron chi connectivity index (χ4n) is 3.46. The van der Waals surface area contributed by atoms with Gasteiger partial charge in [0.15, 0.2) is 0 Å². The maximum atomic E-state index is 4.89. The molecule has 0 radical (unpaired) electrons. The fourth-order valence-corrected chi connectivity index (χ4v) is 3.46. The third-order valence-electron chi connectivity index (χ3n) is 5.06. The Morgan fingerprint density at radius 2 is 2.08 bits per heavy atom. The Balaban J connectivity index is 1.43. The van der Waals surface area contributed by atoms with Crippen LogP contribution in [0.2, 0.25) is 0 Å². The molecular formula is C20H27N5. The summed E-state index contributed by atoms with van der Waals surface area (Å²) < 4.78 is 0. The van der Waals surface area contributed by atoms with Gasteiger partial charge in [-0.3, -0.25) is 4.98 Å². The van der Waals surface area contributed by atoms with Crippen molar-refractivity contribution in [1.82, 2.24) is 20.3 Å². The highest BCUT2D eigenvalue weighted by Crippen LogP contribution is 2.32. The standard InChI is InChI=1S/C20H27N5/c1-3-16(14-22-9-1)4-2-10-23-20-17-7-11-21-12-8-18(17)24-19(25-20)13-15-5-6-15/h1,3,9,14-15,21H,2,4-8,10-13H2,(H,23,24,25). The van der Waals surface area contributed by atoms with Gasteiger partial charge < -0.3 is 10.6 Å². The van der Waals surface area contributed by atoms with Gasteiger partial charge in [-0.25, -0.2) is 9.97 Å². The van der Waals surface area contributed by atoms with Crippen LogP contribution in [0.15, 0.2) is 24.5 Å². The molecule has 0 spiro atoms. The summed E-state index contributed by atoms with van der Waals surface area (Å²) in [6.45, 7) is 2.98. The number of rotatable bonds is 7. The second kappa shape index (κ2) is 7.91. The zero-order valence-corrected chi connectivity index (χ0v) is 14.8. The van der Waals surface area contributed by atoms with Gasteiger partial charge in [0.25, 0.3) is 0 Å². The smallest absolute Gasteiger partial charge is 0.133 e. The van der Waals surface area contributed by atoms with Crippen LogP contribution in [0.5, 0.6) is 0 Å². The lowest BCUT2D eigenvalue weighted by atomic mass is 10.1. The summed E-state index contributed by atoms with van der Waals surface area (Å²) in [7, 11) is 0. The number of nitrogens with zero attached hydrogens (tertiary/aromatic N) is 3. The molecule has 4 rings (SSSR count). The maximum Gasteiger partial charge on any atom is 0.133 e. The highest BCUT2D eigenvalue weighted by atomic mass is 15.0. The Hall–Kier alpha value is -2.01. The molecule has 0 bridgehead atoms. The molecule has 3 heterocycles. The van der Waals surface area contributed by atoms with Gasteiger partial charge in [0.1, 0.15) is 11.6 Å². The van der Waals surface area contributed by atoms with Gasteiger partial charge in [-0.2, -0.15) is 0 Å². The van der Waals surface area contributed by atoms with Crippen molar-refractivity contribution >= 4 is 5.82 Å². The number of fused-ring (bicyclic) bond motifs is 1. The third kappa shape index (κ3) is 4.54. The van der Waals surface area contributed by atoms with Gasteiger partial charge in [0.05, 0.1) is 5.69 Å². The van der Waals surface area contributed by atoms with E-state index in [9.17, 15) is 0 Å². The molecule has 1 aliphatic carbocycles. The largest absolute Gasteiger partial charge is 0.370 e. The van der Waals surface area contributed by atoms with Crippen LogP contribution in [-0.2, 0) is 25.7 Å². The molecule has 1 aliphatic heterocycles. The molecule has 0 amide bonds. The molecule has 0 unspecified atom stereocenters. The molecular weight excluding hydrogens is 310 g/mol. The summed E-state index contributed by atoms with van der Waals surface area (Å²) in [5.41, 5.74) is 3.88. The van der Waals surface area contributed by atoms with E-state index >= 15 is 0 Å². The molecule has 1 saturated carbocycles. The predicted octanol–water partition coefficient (Wildman–Crippen LogP) is 2.56. The first-order chi connectivity index (χ1) is 12.4. The van der Waals surface area contributed by atoms with E-state index in [0.717, 1.165) is 69.3 Å². The van der Waals surface area contributed by atoms with Crippen molar-refractivity contribution in [3.63, 3.8) is 0 Å². The van der Waals surface area contributed by atoms with E-state index in [1.807, 2.05) is 18.5 Å².